The predicted octanol–water partition coefficient (Wildman–Crippen LogP) is 1.60. The second-order valence-corrected chi connectivity index (χ2v) is 4.42. The van der Waals surface area contributed by atoms with Crippen LogP contribution in [-0.2, 0) is 9.53 Å². The van der Waals surface area contributed by atoms with Gasteiger partial charge in [0, 0.05) is 13.2 Å². The third kappa shape index (κ3) is 3.76. The maximum Gasteiger partial charge on any atom is 0.320 e. The Morgan fingerprint density at radius 2 is 2.31 bits per heavy atom. The van der Waals surface area contributed by atoms with Crippen LogP contribution in [0.2, 0.25) is 0 Å². The first-order valence-corrected chi connectivity index (χ1v) is 6.23. The number of piperidine rings is 1. The van der Waals surface area contributed by atoms with Crippen molar-refractivity contribution in [3.8, 4) is 0 Å². The second-order valence-electron chi connectivity index (χ2n) is 4.42. The average Bonchev–Trinajstić information content (AvgIpc) is 2.27. The van der Waals surface area contributed by atoms with E-state index in [1.54, 1.807) is 0 Å². The molecule has 4 heteroatoms. The summed E-state index contributed by atoms with van der Waals surface area (Å²) in [6.07, 6.45) is 2.92. The maximum atomic E-state index is 11.1. The number of ether oxygens (including phenoxy) is 1. The molecule has 0 amide bonds. The highest BCUT2D eigenvalue weighted by molar-refractivity contribution is 5.73. The van der Waals surface area contributed by atoms with Crippen LogP contribution in [0.15, 0.2) is 0 Å². The van der Waals surface area contributed by atoms with E-state index in [-0.39, 0.29) is 6.04 Å². The fourth-order valence-electron chi connectivity index (χ4n) is 2.39. The van der Waals surface area contributed by atoms with E-state index in [0.29, 0.717) is 12.3 Å². The third-order valence-electron chi connectivity index (χ3n) is 3.22. The van der Waals surface area contributed by atoms with Crippen molar-refractivity contribution >= 4 is 5.97 Å². The van der Waals surface area contributed by atoms with E-state index in [1.165, 1.54) is 0 Å². The van der Waals surface area contributed by atoms with Crippen LogP contribution in [-0.4, -0.2) is 48.3 Å². The molecule has 1 heterocycles. The van der Waals surface area contributed by atoms with E-state index in [2.05, 4.69) is 4.90 Å². The lowest BCUT2D eigenvalue weighted by molar-refractivity contribution is -0.144. The largest absolute Gasteiger partial charge is 0.480 e. The topological polar surface area (TPSA) is 49.8 Å². The first-order chi connectivity index (χ1) is 7.69. The van der Waals surface area contributed by atoms with Crippen LogP contribution in [0.4, 0.5) is 0 Å². The summed E-state index contributed by atoms with van der Waals surface area (Å²) in [5, 5.41) is 9.11. The van der Waals surface area contributed by atoms with E-state index in [0.717, 1.165) is 39.1 Å². The Kier molecular flexibility index (Phi) is 5.77. The van der Waals surface area contributed by atoms with E-state index >= 15 is 0 Å². The lowest BCUT2D eigenvalue weighted by atomic mass is 9.97. The summed E-state index contributed by atoms with van der Waals surface area (Å²) < 4.78 is 5.42. The third-order valence-corrected chi connectivity index (χ3v) is 3.22. The zero-order chi connectivity index (χ0) is 12.0. The molecule has 1 N–H and O–H groups in total. The van der Waals surface area contributed by atoms with Gasteiger partial charge in [0.2, 0.25) is 0 Å². The van der Waals surface area contributed by atoms with Gasteiger partial charge in [-0.1, -0.05) is 6.92 Å². The summed E-state index contributed by atoms with van der Waals surface area (Å²) in [6.45, 7) is 7.21. The SMILES string of the molecule is CCOC[C@H]1CCCN([C@@H](CC)C(=O)O)C1. The van der Waals surface area contributed by atoms with Crippen LogP contribution >= 0.6 is 0 Å². The van der Waals surface area contributed by atoms with Crippen molar-refractivity contribution in [3.63, 3.8) is 0 Å². The van der Waals surface area contributed by atoms with Crippen molar-refractivity contribution in [2.75, 3.05) is 26.3 Å². The van der Waals surface area contributed by atoms with Gasteiger partial charge in [0.1, 0.15) is 6.04 Å². The molecule has 0 bridgehead atoms. The van der Waals surface area contributed by atoms with Gasteiger partial charge in [0.25, 0.3) is 0 Å². The molecule has 0 aliphatic carbocycles. The van der Waals surface area contributed by atoms with Crippen molar-refractivity contribution in [3.05, 3.63) is 0 Å². The van der Waals surface area contributed by atoms with Crippen LogP contribution in [0.1, 0.15) is 33.1 Å². The second kappa shape index (κ2) is 6.86. The Balaban J connectivity index is 2.45. The van der Waals surface area contributed by atoms with Gasteiger partial charge in [-0.2, -0.15) is 0 Å². The molecule has 0 radical (unpaired) electrons. The lowest BCUT2D eigenvalue weighted by Crippen LogP contribution is -2.47. The lowest BCUT2D eigenvalue weighted by Gasteiger charge is -2.35. The van der Waals surface area contributed by atoms with Gasteiger partial charge in [0.15, 0.2) is 0 Å². The fourth-order valence-corrected chi connectivity index (χ4v) is 2.39. The molecule has 16 heavy (non-hydrogen) atoms. The number of aliphatic carboxylic acids is 1. The highest BCUT2D eigenvalue weighted by atomic mass is 16.5. The normalized spacial score (nSPS) is 24.2. The molecule has 0 saturated carbocycles. The summed E-state index contributed by atoms with van der Waals surface area (Å²) in [5.74, 6) is -0.193. The van der Waals surface area contributed by atoms with Crippen molar-refractivity contribution in [2.24, 2.45) is 5.92 Å². The van der Waals surface area contributed by atoms with Crippen LogP contribution in [0.3, 0.4) is 0 Å². The molecule has 0 spiro atoms. The average molecular weight is 229 g/mol. The van der Waals surface area contributed by atoms with Gasteiger partial charge in [-0.05, 0) is 38.6 Å². The molecule has 1 rings (SSSR count). The molecule has 0 aromatic rings. The van der Waals surface area contributed by atoms with Crippen molar-refractivity contribution in [1.82, 2.24) is 4.90 Å². The Labute approximate surface area is 97.6 Å². The Hall–Kier alpha value is -0.610. The number of hydrogen-bond donors (Lipinski definition) is 1. The Morgan fingerprint density at radius 3 is 2.88 bits per heavy atom. The number of carboxylic acid groups (broad SMARTS) is 1. The van der Waals surface area contributed by atoms with Crippen molar-refractivity contribution < 1.29 is 14.6 Å². The highest BCUT2D eigenvalue weighted by Gasteiger charge is 2.28. The van der Waals surface area contributed by atoms with E-state index in [1.807, 2.05) is 13.8 Å². The molecule has 0 aromatic heterocycles. The number of carboxylic acids is 1. The smallest absolute Gasteiger partial charge is 0.320 e. The van der Waals surface area contributed by atoms with E-state index in [4.69, 9.17) is 9.84 Å². The zero-order valence-corrected chi connectivity index (χ0v) is 10.3. The van der Waals surface area contributed by atoms with E-state index < -0.39 is 5.97 Å². The first kappa shape index (κ1) is 13.5. The quantitative estimate of drug-likeness (QED) is 0.751. The number of carbonyl (C=O) groups is 1. The van der Waals surface area contributed by atoms with Crippen LogP contribution in [0.25, 0.3) is 0 Å². The molecular weight excluding hydrogens is 206 g/mol. The standard InChI is InChI=1S/C12H23NO3/c1-3-11(12(14)15)13-7-5-6-10(8-13)9-16-4-2/h10-11H,3-9H2,1-2H3,(H,14,15)/t10-,11-/m0/s1. The minimum atomic E-state index is -0.695. The molecule has 1 fully saturated rings. The molecule has 1 aliphatic rings. The Morgan fingerprint density at radius 1 is 1.56 bits per heavy atom. The van der Waals surface area contributed by atoms with Gasteiger partial charge in [0.05, 0.1) is 6.61 Å². The number of rotatable bonds is 6. The van der Waals surface area contributed by atoms with Gasteiger partial charge in [-0.25, -0.2) is 0 Å². The summed E-state index contributed by atoms with van der Waals surface area (Å²) >= 11 is 0. The molecule has 1 aliphatic heterocycles. The van der Waals surface area contributed by atoms with Crippen LogP contribution in [0, 0.1) is 5.92 Å². The fraction of sp³-hybridized carbons (Fsp3) is 0.917. The number of hydrogen-bond acceptors (Lipinski definition) is 3. The molecule has 94 valence electrons. The molecule has 1 saturated heterocycles. The molecule has 2 atom stereocenters. The number of likely N-dealkylation sites (tertiary alicyclic amines) is 1. The first-order valence-electron chi connectivity index (χ1n) is 6.23. The van der Waals surface area contributed by atoms with Crippen LogP contribution in [0.5, 0.6) is 0 Å². The van der Waals surface area contributed by atoms with Crippen molar-refractivity contribution in [2.45, 2.75) is 39.2 Å². The Bertz CT molecular complexity index is 220. The summed E-state index contributed by atoms with van der Waals surface area (Å²) in [5.41, 5.74) is 0. The number of nitrogens with zero attached hydrogens (tertiary/aromatic N) is 1. The predicted molar refractivity (Wildman–Crippen MR) is 62.5 cm³/mol. The summed E-state index contributed by atoms with van der Waals surface area (Å²) in [4.78, 5) is 13.2. The van der Waals surface area contributed by atoms with Gasteiger partial charge < -0.3 is 9.84 Å². The monoisotopic (exact) mass is 229 g/mol. The molecule has 0 aromatic carbocycles. The van der Waals surface area contributed by atoms with Crippen LogP contribution < -0.4 is 0 Å². The van der Waals surface area contributed by atoms with Gasteiger partial charge >= 0.3 is 5.97 Å². The molecule has 0 unspecified atom stereocenters. The van der Waals surface area contributed by atoms with E-state index in [9.17, 15) is 4.79 Å². The zero-order valence-electron chi connectivity index (χ0n) is 10.3. The minimum absolute atomic E-state index is 0.315. The highest BCUT2D eigenvalue weighted by Crippen LogP contribution is 2.20. The molecular formula is C12H23NO3. The van der Waals surface area contributed by atoms with Gasteiger partial charge in [-0.15, -0.1) is 0 Å². The van der Waals surface area contributed by atoms with Crippen molar-refractivity contribution in [1.29, 1.82) is 0 Å². The summed E-state index contributed by atoms with van der Waals surface area (Å²) in [7, 11) is 0. The minimum Gasteiger partial charge on any atom is -0.480 e. The van der Waals surface area contributed by atoms with Gasteiger partial charge in [-0.3, -0.25) is 9.69 Å². The molecule has 4 nitrogen and oxygen atoms in total. The summed E-state index contributed by atoms with van der Waals surface area (Å²) in [6, 6.07) is -0.315. The maximum absolute atomic E-state index is 11.1.